The zero-order valence-corrected chi connectivity index (χ0v) is 19.0. The molecule has 1 fully saturated rings. The molecule has 2 aromatic carbocycles. The molecule has 0 bridgehead atoms. The van der Waals surface area contributed by atoms with E-state index in [1.54, 1.807) is 18.2 Å². The van der Waals surface area contributed by atoms with Gasteiger partial charge in [-0.2, -0.15) is 5.01 Å². The molecule has 13 heteroatoms. The van der Waals surface area contributed by atoms with Crippen LogP contribution in [0.3, 0.4) is 0 Å². The average molecular weight is 525 g/mol. The second kappa shape index (κ2) is 10.6. The van der Waals surface area contributed by atoms with Gasteiger partial charge in [-0.1, -0.05) is 34.1 Å². The van der Waals surface area contributed by atoms with Gasteiger partial charge in [-0.05, 0) is 49.6 Å². The van der Waals surface area contributed by atoms with Crippen LogP contribution in [-0.4, -0.2) is 39.7 Å². The molecule has 8 N–H and O–H groups in total. The van der Waals surface area contributed by atoms with Gasteiger partial charge in [-0.25, -0.2) is 24.2 Å². The van der Waals surface area contributed by atoms with Gasteiger partial charge in [-0.3, -0.25) is 4.79 Å². The summed E-state index contributed by atoms with van der Waals surface area (Å²) in [5.74, 6) is -1.25. The highest BCUT2D eigenvalue weighted by Crippen LogP contribution is 2.25. The van der Waals surface area contributed by atoms with Gasteiger partial charge in [0.15, 0.2) is 0 Å². The van der Waals surface area contributed by atoms with Crippen LogP contribution in [0, 0.1) is 5.82 Å². The Balaban J connectivity index is 0.000000890. The van der Waals surface area contributed by atoms with Crippen molar-refractivity contribution < 1.29 is 28.7 Å². The normalized spacial score (nSPS) is 17.0. The molecule has 0 aliphatic carbocycles. The number of carbonyl (C=O) groups excluding carboxylic acids is 4. The number of para-hydroxylation sites is 1. The second-order valence-electron chi connectivity index (χ2n) is 7.12. The molecule has 1 aliphatic heterocycles. The topological polar surface area (TPSA) is 180 Å². The largest absolute Gasteiger partial charge is 0.508 e. The van der Waals surface area contributed by atoms with E-state index in [0.29, 0.717) is 21.5 Å². The first-order chi connectivity index (χ1) is 15.4. The minimum absolute atomic E-state index is 0.0961. The number of halogens is 2. The molecule has 1 unspecified atom stereocenters. The monoisotopic (exact) mass is 524 g/mol. The lowest BCUT2D eigenvalue weighted by molar-refractivity contribution is -0.132. The number of hydrogen-bond donors (Lipinski definition) is 6. The molecule has 0 spiro atoms. The highest BCUT2D eigenvalue weighted by molar-refractivity contribution is 9.10. The Morgan fingerprint density at radius 2 is 1.85 bits per heavy atom. The Morgan fingerprint density at radius 3 is 2.45 bits per heavy atom. The lowest BCUT2D eigenvalue weighted by Crippen LogP contribution is -2.50. The fraction of sp³-hybridized carbons (Fsp3) is 0.200. The number of imide groups is 1. The van der Waals surface area contributed by atoms with E-state index in [-0.39, 0.29) is 17.9 Å². The molecule has 0 aromatic heterocycles. The van der Waals surface area contributed by atoms with E-state index in [0.717, 1.165) is 0 Å². The Labute approximate surface area is 196 Å². The van der Waals surface area contributed by atoms with Crippen molar-refractivity contribution >= 4 is 45.6 Å². The van der Waals surface area contributed by atoms with Gasteiger partial charge < -0.3 is 27.2 Å². The molecule has 1 aliphatic rings. The number of benzene rings is 2. The van der Waals surface area contributed by atoms with Gasteiger partial charge in [0.05, 0.1) is 5.69 Å². The van der Waals surface area contributed by atoms with Gasteiger partial charge in [0.2, 0.25) is 0 Å². The number of nitrogens with two attached hydrogens (primary N) is 2. The van der Waals surface area contributed by atoms with Crippen LogP contribution in [-0.2, 0) is 11.2 Å². The van der Waals surface area contributed by atoms with Crippen LogP contribution in [0.4, 0.5) is 24.5 Å². The third-order valence-electron chi connectivity index (χ3n) is 4.54. The smallest absolute Gasteiger partial charge is 0.344 e. The van der Waals surface area contributed by atoms with Crippen molar-refractivity contribution in [3.63, 3.8) is 0 Å². The Kier molecular flexibility index (Phi) is 8.18. The van der Waals surface area contributed by atoms with E-state index in [4.69, 9.17) is 4.79 Å². The molecule has 33 heavy (non-hydrogen) atoms. The molecule has 0 radical (unpaired) electrons. The number of primary amides is 2. The third-order valence-corrected chi connectivity index (χ3v) is 5.03. The van der Waals surface area contributed by atoms with E-state index in [1.165, 1.54) is 31.2 Å². The fourth-order valence-corrected chi connectivity index (χ4v) is 3.24. The van der Waals surface area contributed by atoms with Crippen molar-refractivity contribution in [3.8, 4) is 5.75 Å². The summed E-state index contributed by atoms with van der Waals surface area (Å²) in [4.78, 5) is 46.0. The van der Waals surface area contributed by atoms with Crippen LogP contribution in [0.5, 0.6) is 5.75 Å². The number of hydrazine groups is 1. The number of phenols is 1. The summed E-state index contributed by atoms with van der Waals surface area (Å²) < 4.78 is 14.3. The lowest BCUT2D eigenvalue weighted by atomic mass is 9.93. The maximum Gasteiger partial charge on any atom is 0.344 e. The summed E-state index contributed by atoms with van der Waals surface area (Å²) in [6, 6.07) is 8.14. The van der Waals surface area contributed by atoms with E-state index < -0.39 is 35.4 Å². The maximum atomic E-state index is 13.8. The minimum atomic E-state index is -1.27. The molecular formula is C20H22BrFN6O5. The number of aryl methyl sites for hydroxylation is 1. The van der Waals surface area contributed by atoms with E-state index in [1.807, 2.05) is 0 Å². The van der Waals surface area contributed by atoms with Crippen molar-refractivity contribution in [1.82, 2.24) is 15.8 Å². The number of anilines is 1. The molecule has 7 amide bonds. The number of phenolic OH excluding ortho intramolecular Hbond substituents is 1. The summed E-state index contributed by atoms with van der Waals surface area (Å²) in [5.41, 5.74) is 9.88. The number of nitrogens with zero attached hydrogens (tertiary/aromatic N) is 1. The van der Waals surface area contributed by atoms with Crippen molar-refractivity contribution in [1.29, 1.82) is 0 Å². The quantitative estimate of drug-likeness (QED) is 0.327. The van der Waals surface area contributed by atoms with E-state index >= 15 is 0 Å². The first-order valence-corrected chi connectivity index (χ1v) is 10.2. The number of carbonyl (C=O) groups is 4. The summed E-state index contributed by atoms with van der Waals surface area (Å²) in [5, 5.41) is 15.2. The predicted octanol–water partition coefficient (Wildman–Crippen LogP) is 2.30. The fourth-order valence-electron chi connectivity index (χ4n) is 2.90. The number of rotatable bonds is 5. The number of aromatic hydroxyl groups is 1. The predicted molar refractivity (Wildman–Crippen MR) is 120 cm³/mol. The molecule has 2 aromatic rings. The van der Waals surface area contributed by atoms with Gasteiger partial charge in [0.1, 0.15) is 17.1 Å². The SMILES string of the molecule is CC1(CCc2ccccc2O)NC(=O)N(NC(=O)Nc2ccc(Br)cc2F)C1=O.NC(N)=O. The average Bonchev–Trinajstić information content (AvgIpc) is 2.92. The van der Waals surface area contributed by atoms with E-state index in [2.05, 4.69) is 43.5 Å². The minimum Gasteiger partial charge on any atom is -0.508 e. The zero-order valence-electron chi connectivity index (χ0n) is 17.4. The molecule has 3 rings (SSSR count). The van der Waals surface area contributed by atoms with Crippen molar-refractivity contribution in [2.45, 2.75) is 25.3 Å². The number of urea groups is 3. The van der Waals surface area contributed by atoms with Crippen LogP contribution < -0.4 is 27.5 Å². The molecule has 176 valence electrons. The van der Waals surface area contributed by atoms with Crippen LogP contribution in [0.2, 0.25) is 0 Å². The highest BCUT2D eigenvalue weighted by Gasteiger charge is 2.48. The summed E-state index contributed by atoms with van der Waals surface area (Å²) in [7, 11) is 0. The first-order valence-electron chi connectivity index (χ1n) is 9.44. The number of hydrogen-bond acceptors (Lipinski definition) is 5. The summed E-state index contributed by atoms with van der Waals surface area (Å²) in [6.07, 6.45) is 0.537. The van der Waals surface area contributed by atoms with Crippen LogP contribution in [0.25, 0.3) is 0 Å². The van der Waals surface area contributed by atoms with Crippen molar-refractivity contribution in [2.24, 2.45) is 11.5 Å². The zero-order chi connectivity index (χ0) is 24.8. The Morgan fingerprint density at radius 1 is 1.21 bits per heavy atom. The van der Waals surface area contributed by atoms with Crippen LogP contribution >= 0.6 is 15.9 Å². The van der Waals surface area contributed by atoms with Crippen molar-refractivity contribution in [3.05, 3.63) is 58.3 Å². The third kappa shape index (κ3) is 6.80. The second-order valence-corrected chi connectivity index (χ2v) is 8.04. The molecule has 1 heterocycles. The molecular weight excluding hydrogens is 503 g/mol. The lowest BCUT2D eigenvalue weighted by Gasteiger charge is -2.22. The first kappa shape index (κ1) is 25.4. The standard InChI is InChI=1S/C19H18BrFN4O4.CH4N2O/c1-19(9-8-11-4-2-3-5-15(11)26)16(27)25(18(29)23-19)24-17(28)22-14-7-6-12(20)10-13(14)21;2-1(3)4/h2-7,10,26H,8-9H2,1H3,(H,23,29)(H2,22,24,28);(H4,2,3,4). The molecule has 1 saturated heterocycles. The van der Waals surface area contributed by atoms with Gasteiger partial charge in [-0.15, -0.1) is 0 Å². The van der Waals surface area contributed by atoms with Gasteiger partial charge >= 0.3 is 18.1 Å². The van der Waals surface area contributed by atoms with E-state index in [9.17, 15) is 23.9 Å². The number of amides is 7. The molecule has 0 saturated carbocycles. The maximum absolute atomic E-state index is 13.8. The van der Waals surface area contributed by atoms with Gasteiger partial charge in [0, 0.05) is 4.47 Å². The Bertz CT molecular complexity index is 1080. The Hall–Kier alpha value is -3.87. The molecule has 1 atom stereocenters. The summed E-state index contributed by atoms with van der Waals surface area (Å²) >= 11 is 3.11. The van der Waals surface area contributed by atoms with Crippen molar-refractivity contribution in [2.75, 3.05) is 5.32 Å². The van der Waals surface area contributed by atoms with Gasteiger partial charge in [0.25, 0.3) is 5.91 Å². The van der Waals surface area contributed by atoms with Crippen LogP contribution in [0.15, 0.2) is 46.9 Å². The van der Waals surface area contributed by atoms with Crippen LogP contribution in [0.1, 0.15) is 18.9 Å². The summed E-state index contributed by atoms with van der Waals surface area (Å²) in [6.45, 7) is 1.53. The molecule has 11 nitrogen and oxygen atoms in total. The highest BCUT2D eigenvalue weighted by atomic mass is 79.9. The number of nitrogens with one attached hydrogen (secondary N) is 3.